The molecule has 0 aromatic heterocycles. The van der Waals surface area contributed by atoms with Crippen molar-refractivity contribution in [3.8, 4) is 0 Å². The summed E-state index contributed by atoms with van der Waals surface area (Å²) in [6, 6.07) is 0. The highest BCUT2D eigenvalue weighted by Crippen LogP contribution is 2.17. The van der Waals surface area contributed by atoms with Gasteiger partial charge in [-0.25, -0.2) is 0 Å². The van der Waals surface area contributed by atoms with E-state index in [0.717, 1.165) is 19.4 Å². The van der Waals surface area contributed by atoms with Gasteiger partial charge in [0.05, 0.1) is 6.54 Å². The van der Waals surface area contributed by atoms with E-state index in [4.69, 9.17) is 5.11 Å². The number of carboxylic acid groups (broad SMARTS) is 1. The van der Waals surface area contributed by atoms with Gasteiger partial charge in [0, 0.05) is 32.6 Å². The number of carboxylic acids is 1. The maximum atomic E-state index is 12.2. The molecule has 1 heterocycles. The summed E-state index contributed by atoms with van der Waals surface area (Å²) in [4.78, 5) is 13.9. The Balaban J connectivity index is 2.05. The van der Waals surface area contributed by atoms with E-state index >= 15 is 0 Å². The zero-order chi connectivity index (χ0) is 14.3. The molecule has 0 bridgehead atoms. The molecule has 4 nitrogen and oxygen atoms in total. The standard InChI is InChI=1S/C12H21F3N2O2/c13-12(14,15)10-17-8-6-16(7-9-17)5-3-1-2-4-11(18)19/h1-10H2,(H,18,19). The van der Waals surface area contributed by atoms with Crippen LogP contribution in [-0.2, 0) is 4.79 Å². The van der Waals surface area contributed by atoms with Gasteiger partial charge in [-0.2, -0.15) is 13.2 Å². The molecule has 112 valence electrons. The van der Waals surface area contributed by atoms with Crippen LogP contribution in [0.3, 0.4) is 0 Å². The first kappa shape index (κ1) is 16.2. The van der Waals surface area contributed by atoms with E-state index in [9.17, 15) is 18.0 Å². The van der Waals surface area contributed by atoms with Gasteiger partial charge in [-0.05, 0) is 19.4 Å². The third kappa shape index (κ3) is 8.05. The number of hydrogen-bond acceptors (Lipinski definition) is 3. The van der Waals surface area contributed by atoms with Gasteiger partial charge in [0.25, 0.3) is 0 Å². The van der Waals surface area contributed by atoms with Crippen LogP contribution in [-0.4, -0.2) is 66.3 Å². The van der Waals surface area contributed by atoms with Gasteiger partial charge in [0.2, 0.25) is 0 Å². The lowest BCUT2D eigenvalue weighted by molar-refractivity contribution is -0.149. The monoisotopic (exact) mass is 282 g/mol. The summed E-state index contributed by atoms with van der Waals surface area (Å²) in [5.74, 6) is -0.777. The van der Waals surface area contributed by atoms with Crippen molar-refractivity contribution in [1.82, 2.24) is 9.80 Å². The van der Waals surface area contributed by atoms with Crippen LogP contribution in [0.5, 0.6) is 0 Å². The van der Waals surface area contributed by atoms with Crippen molar-refractivity contribution in [2.75, 3.05) is 39.3 Å². The fourth-order valence-corrected chi connectivity index (χ4v) is 2.21. The number of unbranched alkanes of at least 4 members (excludes halogenated alkanes) is 2. The van der Waals surface area contributed by atoms with Crippen molar-refractivity contribution in [2.24, 2.45) is 0 Å². The van der Waals surface area contributed by atoms with Crippen LogP contribution in [0.4, 0.5) is 13.2 Å². The number of alkyl halides is 3. The normalized spacial score (nSPS) is 18.7. The number of hydrogen-bond donors (Lipinski definition) is 1. The van der Waals surface area contributed by atoms with Crippen LogP contribution in [0.1, 0.15) is 25.7 Å². The second-order valence-electron chi connectivity index (χ2n) is 4.94. The lowest BCUT2D eigenvalue weighted by Gasteiger charge is -2.34. The summed E-state index contributed by atoms with van der Waals surface area (Å²) in [6.45, 7) is 2.26. The molecular weight excluding hydrogens is 261 g/mol. The van der Waals surface area contributed by atoms with Crippen LogP contribution in [0.2, 0.25) is 0 Å². The number of rotatable bonds is 7. The number of aliphatic carboxylic acids is 1. The third-order valence-corrected chi connectivity index (χ3v) is 3.23. The van der Waals surface area contributed by atoms with Gasteiger partial charge in [0.15, 0.2) is 0 Å². The molecule has 0 unspecified atom stereocenters. The second kappa shape index (κ2) is 7.69. The molecule has 0 amide bonds. The highest BCUT2D eigenvalue weighted by atomic mass is 19.4. The van der Waals surface area contributed by atoms with Gasteiger partial charge in [-0.3, -0.25) is 9.69 Å². The molecule has 1 rings (SSSR count). The Kier molecular flexibility index (Phi) is 6.57. The molecule has 0 radical (unpaired) electrons. The first-order valence-electron chi connectivity index (χ1n) is 6.60. The summed E-state index contributed by atoms with van der Waals surface area (Å²) < 4.78 is 36.6. The van der Waals surface area contributed by atoms with E-state index < -0.39 is 18.7 Å². The number of nitrogens with zero attached hydrogens (tertiary/aromatic N) is 2. The van der Waals surface area contributed by atoms with E-state index in [2.05, 4.69) is 4.90 Å². The van der Waals surface area contributed by atoms with Crippen molar-refractivity contribution in [1.29, 1.82) is 0 Å². The van der Waals surface area contributed by atoms with E-state index in [-0.39, 0.29) is 6.42 Å². The van der Waals surface area contributed by atoms with Gasteiger partial charge in [-0.1, -0.05) is 6.42 Å². The molecular formula is C12H21F3N2O2. The summed E-state index contributed by atoms with van der Waals surface area (Å²) >= 11 is 0. The molecule has 0 aromatic carbocycles. The maximum absolute atomic E-state index is 12.2. The fourth-order valence-electron chi connectivity index (χ4n) is 2.21. The molecule has 0 aliphatic carbocycles. The minimum Gasteiger partial charge on any atom is -0.481 e. The molecule has 7 heteroatoms. The zero-order valence-corrected chi connectivity index (χ0v) is 11.0. The summed E-state index contributed by atoms with van der Waals surface area (Å²) in [6.07, 6.45) is -1.48. The summed E-state index contributed by atoms with van der Waals surface area (Å²) in [5.41, 5.74) is 0. The molecule has 1 fully saturated rings. The minimum absolute atomic E-state index is 0.194. The second-order valence-corrected chi connectivity index (χ2v) is 4.94. The van der Waals surface area contributed by atoms with Crippen molar-refractivity contribution in [2.45, 2.75) is 31.9 Å². The fraction of sp³-hybridized carbons (Fsp3) is 0.917. The van der Waals surface area contributed by atoms with E-state index in [1.54, 1.807) is 0 Å². The molecule has 0 atom stereocenters. The highest BCUT2D eigenvalue weighted by molar-refractivity contribution is 5.66. The van der Waals surface area contributed by atoms with E-state index in [1.165, 1.54) is 4.90 Å². The number of piperazine rings is 1. The largest absolute Gasteiger partial charge is 0.481 e. The zero-order valence-electron chi connectivity index (χ0n) is 11.0. The lowest BCUT2D eigenvalue weighted by atomic mass is 10.2. The first-order valence-corrected chi connectivity index (χ1v) is 6.60. The predicted molar refractivity (Wildman–Crippen MR) is 65.0 cm³/mol. The van der Waals surface area contributed by atoms with Crippen LogP contribution < -0.4 is 0 Å². The minimum atomic E-state index is -4.11. The predicted octanol–water partition coefficient (Wildman–Crippen LogP) is 1.81. The quantitative estimate of drug-likeness (QED) is 0.723. The number of halogens is 3. The summed E-state index contributed by atoms with van der Waals surface area (Å²) in [7, 11) is 0. The average molecular weight is 282 g/mol. The van der Waals surface area contributed by atoms with Crippen LogP contribution in [0, 0.1) is 0 Å². The Morgan fingerprint density at radius 2 is 1.58 bits per heavy atom. The topological polar surface area (TPSA) is 43.8 Å². The Labute approximate surface area is 111 Å². The Morgan fingerprint density at radius 1 is 1.00 bits per heavy atom. The van der Waals surface area contributed by atoms with E-state index in [0.29, 0.717) is 32.6 Å². The van der Waals surface area contributed by atoms with Gasteiger partial charge < -0.3 is 10.0 Å². The van der Waals surface area contributed by atoms with Crippen molar-refractivity contribution in [3.05, 3.63) is 0 Å². The molecule has 1 aliphatic rings. The smallest absolute Gasteiger partial charge is 0.401 e. The molecule has 19 heavy (non-hydrogen) atoms. The molecule has 0 spiro atoms. The van der Waals surface area contributed by atoms with Gasteiger partial charge in [-0.15, -0.1) is 0 Å². The van der Waals surface area contributed by atoms with Gasteiger partial charge in [0.1, 0.15) is 0 Å². The SMILES string of the molecule is O=C(O)CCCCCN1CCN(CC(F)(F)F)CC1. The molecule has 0 saturated carbocycles. The highest BCUT2D eigenvalue weighted by Gasteiger charge is 2.31. The Hall–Kier alpha value is -0.820. The molecule has 1 aliphatic heterocycles. The molecule has 1 saturated heterocycles. The van der Waals surface area contributed by atoms with Crippen LogP contribution in [0.15, 0.2) is 0 Å². The number of carbonyl (C=O) groups is 1. The van der Waals surface area contributed by atoms with Crippen molar-refractivity contribution in [3.63, 3.8) is 0 Å². The Bertz CT molecular complexity index is 277. The van der Waals surface area contributed by atoms with Crippen molar-refractivity contribution < 1.29 is 23.1 Å². The summed E-state index contributed by atoms with van der Waals surface area (Å²) in [5, 5.41) is 8.48. The lowest BCUT2D eigenvalue weighted by Crippen LogP contribution is -2.49. The molecule has 1 N–H and O–H groups in total. The third-order valence-electron chi connectivity index (χ3n) is 3.23. The van der Waals surface area contributed by atoms with Crippen LogP contribution in [0.25, 0.3) is 0 Å². The van der Waals surface area contributed by atoms with Crippen LogP contribution >= 0.6 is 0 Å². The van der Waals surface area contributed by atoms with E-state index in [1.807, 2.05) is 0 Å². The Morgan fingerprint density at radius 3 is 2.11 bits per heavy atom. The van der Waals surface area contributed by atoms with Crippen molar-refractivity contribution >= 4 is 5.97 Å². The first-order chi connectivity index (χ1) is 8.87. The maximum Gasteiger partial charge on any atom is 0.401 e. The molecule has 0 aromatic rings. The van der Waals surface area contributed by atoms with Gasteiger partial charge >= 0.3 is 12.1 Å². The average Bonchev–Trinajstić information content (AvgIpc) is 2.28.